The van der Waals surface area contributed by atoms with Crippen molar-refractivity contribution >= 4 is 29.5 Å². The highest BCUT2D eigenvalue weighted by atomic mass is 32.2. The zero-order chi connectivity index (χ0) is 17.5. The van der Waals surface area contributed by atoms with Gasteiger partial charge in [0.25, 0.3) is 5.91 Å². The van der Waals surface area contributed by atoms with Crippen molar-refractivity contribution in [3.8, 4) is 0 Å². The molecule has 0 bridgehead atoms. The number of rotatable bonds is 6. The van der Waals surface area contributed by atoms with Crippen LogP contribution in [-0.4, -0.2) is 58.9 Å². The van der Waals surface area contributed by atoms with Gasteiger partial charge in [-0.25, -0.2) is 0 Å². The van der Waals surface area contributed by atoms with E-state index in [0.29, 0.717) is 30.7 Å². The quantitative estimate of drug-likeness (QED) is 0.810. The lowest BCUT2D eigenvalue weighted by Crippen LogP contribution is -2.47. The number of aryl methyl sites for hydroxylation is 1. The van der Waals surface area contributed by atoms with Crippen molar-refractivity contribution in [1.82, 2.24) is 10.2 Å². The number of nitrogens with one attached hydrogen (secondary N) is 1. The van der Waals surface area contributed by atoms with Gasteiger partial charge in [0.1, 0.15) is 0 Å². The summed E-state index contributed by atoms with van der Waals surface area (Å²) in [5, 5.41) is 11.6. The van der Waals surface area contributed by atoms with E-state index in [0.717, 1.165) is 11.3 Å². The van der Waals surface area contributed by atoms with Crippen LogP contribution in [0.3, 0.4) is 0 Å². The predicted molar refractivity (Wildman–Crippen MR) is 93.2 cm³/mol. The van der Waals surface area contributed by atoms with Gasteiger partial charge in [0.2, 0.25) is 5.91 Å². The van der Waals surface area contributed by atoms with Crippen LogP contribution in [0.2, 0.25) is 0 Å². The maximum Gasteiger partial charge on any atom is 0.305 e. The van der Waals surface area contributed by atoms with Crippen LogP contribution in [-0.2, 0) is 16.0 Å². The van der Waals surface area contributed by atoms with Crippen LogP contribution in [0.5, 0.6) is 0 Å². The van der Waals surface area contributed by atoms with Gasteiger partial charge in [-0.2, -0.15) is 11.8 Å². The highest BCUT2D eigenvalue weighted by Gasteiger charge is 2.28. The third-order valence-electron chi connectivity index (χ3n) is 4.00. The van der Waals surface area contributed by atoms with Crippen molar-refractivity contribution in [2.45, 2.75) is 25.3 Å². The summed E-state index contributed by atoms with van der Waals surface area (Å²) in [7, 11) is 1.58. The maximum absolute atomic E-state index is 12.5. The van der Waals surface area contributed by atoms with E-state index in [1.54, 1.807) is 41.9 Å². The molecule has 1 heterocycles. The second-order valence-corrected chi connectivity index (χ2v) is 6.84. The Kier molecular flexibility index (Phi) is 6.66. The summed E-state index contributed by atoms with van der Waals surface area (Å²) >= 11 is 1.69. The lowest BCUT2D eigenvalue weighted by atomic mass is 10.0. The van der Waals surface area contributed by atoms with Gasteiger partial charge in [0.15, 0.2) is 0 Å². The Labute approximate surface area is 145 Å². The molecule has 130 valence electrons. The summed E-state index contributed by atoms with van der Waals surface area (Å²) in [4.78, 5) is 36.8. The molecule has 1 aliphatic heterocycles. The first-order valence-electron chi connectivity index (χ1n) is 7.91. The number of carbonyl (C=O) groups is 3. The molecule has 1 unspecified atom stereocenters. The average Bonchev–Trinajstić information content (AvgIpc) is 2.59. The van der Waals surface area contributed by atoms with E-state index in [1.165, 1.54) is 0 Å². The molecule has 1 atom stereocenters. The number of hydrogen-bond acceptors (Lipinski definition) is 4. The first-order chi connectivity index (χ1) is 11.5. The predicted octanol–water partition coefficient (Wildman–Crippen LogP) is 1.40. The van der Waals surface area contributed by atoms with E-state index >= 15 is 0 Å². The summed E-state index contributed by atoms with van der Waals surface area (Å²) in [5.74, 6) is 0.460. The van der Waals surface area contributed by atoms with Gasteiger partial charge >= 0.3 is 5.97 Å². The van der Waals surface area contributed by atoms with Crippen LogP contribution >= 0.6 is 11.8 Å². The van der Waals surface area contributed by atoms with E-state index < -0.39 is 5.97 Å². The fraction of sp³-hybridized carbons (Fsp3) is 0.471. The maximum atomic E-state index is 12.5. The normalized spacial score (nSPS) is 17.4. The van der Waals surface area contributed by atoms with Crippen molar-refractivity contribution in [2.24, 2.45) is 0 Å². The number of benzene rings is 1. The van der Waals surface area contributed by atoms with Gasteiger partial charge in [-0.3, -0.25) is 14.4 Å². The number of carboxylic acid groups (broad SMARTS) is 1. The Morgan fingerprint density at radius 1 is 1.38 bits per heavy atom. The molecule has 0 spiro atoms. The summed E-state index contributed by atoms with van der Waals surface area (Å²) in [6.45, 7) is 0.597. The Morgan fingerprint density at radius 3 is 2.88 bits per heavy atom. The van der Waals surface area contributed by atoms with Gasteiger partial charge in [-0.05, 0) is 24.1 Å². The molecule has 0 aliphatic carbocycles. The van der Waals surface area contributed by atoms with Crippen molar-refractivity contribution in [1.29, 1.82) is 0 Å². The van der Waals surface area contributed by atoms with Gasteiger partial charge in [-0.15, -0.1) is 0 Å². The van der Waals surface area contributed by atoms with E-state index in [2.05, 4.69) is 5.32 Å². The lowest BCUT2D eigenvalue weighted by Gasteiger charge is -2.34. The Bertz CT molecular complexity index is 620. The third kappa shape index (κ3) is 4.99. The van der Waals surface area contributed by atoms with Crippen LogP contribution in [0.4, 0.5) is 0 Å². The monoisotopic (exact) mass is 350 g/mol. The summed E-state index contributed by atoms with van der Waals surface area (Å²) in [5.41, 5.74) is 1.49. The minimum Gasteiger partial charge on any atom is -0.481 e. The van der Waals surface area contributed by atoms with Crippen LogP contribution < -0.4 is 5.32 Å². The fourth-order valence-electron chi connectivity index (χ4n) is 2.76. The Balaban J connectivity index is 1.96. The number of aliphatic carboxylic acids is 1. The number of amides is 2. The highest BCUT2D eigenvalue weighted by molar-refractivity contribution is 7.99. The van der Waals surface area contributed by atoms with E-state index in [-0.39, 0.29) is 24.3 Å². The second-order valence-electron chi connectivity index (χ2n) is 5.69. The van der Waals surface area contributed by atoms with Gasteiger partial charge in [0.05, 0.1) is 12.5 Å². The molecule has 1 aromatic carbocycles. The first kappa shape index (κ1) is 18.3. The molecule has 24 heavy (non-hydrogen) atoms. The number of thioether (sulfide) groups is 1. The molecule has 2 N–H and O–H groups in total. The summed E-state index contributed by atoms with van der Waals surface area (Å²) in [6.07, 6.45) is 0.843. The standard InChI is InChI=1S/C17H22N2O4S/c1-18-17(23)13-4-2-3-12(9-13)5-6-15(20)19-7-8-24-11-14(19)10-16(21)22/h2-4,9,14H,5-8,10-11H2,1H3,(H,18,23)(H,21,22). The van der Waals surface area contributed by atoms with E-state index in [9.17, 15) is 14.4 Å². The molecule has 1 aromatic rings. The second kappa shape index (κ2) is 8.73. The molecule has 2 amide bonds. The molecule has 0 saturated carbocycles. The van der Waals surface area contributed by atoms with E-state index in [4.69, 9.17) is 5.11 Å². The molecule has 0 aromatic heterocycles. The summed E-state index contributed by atoms with van der Waals surface area (Å²) in [6, 6.07) is 6.98. The molecule has 0 radical (unpaired) electrons. The molecule has 6 nitrogen and oxygen atoms in total. The number of carbonyl (C=O) groups excluding carboxylic acids is 2. The van der Waals surface area contributed by atoms with E-state index in [1.807, 2.05) is 6.07 Å². The molecular formula is C17H22N2O4S. The van der Waals surface area contributed by atoms with Crippen molar-refractivity contribution in [2.75, 3.05) is 25.1 Å². The van der Waals surface area contributed by atoms with Gasteiger partial charge in [0, 0.05) is 37.1 Å². The Hall–Kier alpha value is -2.02. The topological polar surface area (TPSA) is 86.7 Å². The van der Waals surface area contributed by atoms with Crippen molar-refractivity contribution in [3.63, 3.8) is 0 Å². The molecule has 2 rings (SSSR count). The van der Waals surface area contributed by atoms with Crippen LogP contribution in [0, 0.1) is 0 Å². The highest BCUT2D eigenvalue weighted by Crippen LogP contribution is 2.20. The smallest absolute Gasteiger partial charge is 0.305 e. The Morgan fingerprint density at radius 2 is 2.17 bits per heavy atom. The SMILES string of the molecule is CNC(=O)c1cccc(CCC(=O)N2CCSCC2CC(=O)O)c1. The molecule has 1 aliphatic rings. The fourth-order valence-corrected chi connectivity index (χ4v) is 3.82. The largest absolute Gasteiger partial charge is 0.481 e. The molecule has 1 saturated heterocycles. The lowest BCUT2D eigenvalue weighted by molar-refractivity contribution is -0.140. The van der Waals surface area contributed by atoms with Crippen LogP contribution in [0.25, 0.3) is 0 Å². The number of nitrogens with zero attached hydrogens (tertiary/aromatic N) is 1. The number of hydrogen-bond donors (Lipinski definition) is 2. The van der Waals surface area contributed by atoms with Crippen LogP contribution in [0.15, 0.2) is 24.3 Å². The first-order valence-corrected chi connectivity index (χ1v) is 9.06. The van der Waals surface area contributed by atoms with Crippen LogP contribution in [0.1, 0.15) is 28.8 Å². The van der Waals surface area contributed by atoms with Gasteiger partial charge in [-0.1, -0.05) is 12.1 Å². The third-order valence-corrected chi connectivity index (χ3v) is 5.09. The molecule has 7 heteroatoms. The average molecular weight is 350 g/mol. The molecule has 1 fully saturated rings. The van der Waals surface area contributed by atoms with Gasteiger partial charge < -0.3 is 15.3 Å². The zero-order valence-corrected chi connectivity index (χ0v) is 14.5. The molecular weight excluding hydrogens is 328 g/mol. The number of carboxylic acids is 1. The van der Waals surface area contributed by atoms with Crippen molar-refractivity contribution in [3.05, 3.63) is 35.4 Å². The minimum atomic E-state index is -0.876. The summed E-state index contributed by atoms with van der Waals surface area (Å²) < 4.78 is 0. The zero-order valence-electron chi connectivity index (χ0n) is 13.7. The minimum absolute atomic E-state index is 0.00903. The van der Waals surface area contributed by atoms with Crippen molar-refractivity contribution < 1.29 is 19.5 Å².